The molecule has 0 aromatic heterocycles. The molecule has 0 aliphatic carbocycles. The van der Waals surface area contributed by atoms with Crippen LogP contribution in [0.3, 0.4) is 0 Å². The Labute approximate surface area is 105 Å². The van der Waals surface area contributed by atoms with Crippen molar-refractivity contribution in [2.45, 2.75) is 0 Å². The normalized spacial score (nSPS) is 11.9. The first-order valence-corrected chi connectivity index (χ1v) is 10.6. The number of hydrogen-bond acceptors (Lipinski definition) is 5. The van der Waals surface area contributed by atoms with E-state index in [9.17, 15) is 9.13 Å². The summed E-state index contributed by atoms with van der Waals surface area (Å²) >= 11 is 0. The molecule has 0 amide bonds. The third-order valence-corrected chi connectivity index (χ3v) is 4.51. The summed E-state index contributed by atoms with van der Waals surface area (Å²) in [4.78, 5) is 0. The molecule has 5 nitrogen and oxygen atoms in total. The van der Waals surface area contributed by atoms with Crippen LogP contribution < -0.4 is 0 Å². The molecule has 0 saturated carbocycles. The van der Waals surface area contributed by atoms with Crippen LogP contribution in [0, 0.1) is 0 Å². The highest BCUT2D eigenvalue weighted by Gasteiger charge is 2.12. The molecule has 0 rings (SSSR count). The van der Waals surface area contributed by atoms with Crippen molar-refractivity contribution < 1.29 is 23.3 Å². The van der Waals surface area contributed by atoms with Crippen molar-refractivity contribution in [3.8, 4) is 0 Å². The fraction of sp³-hybridized carbons (Fsp3) is 1.00. The zero-order chi connectivity index (χ0) is 13.9. The molecule has 0 aromatic rings. The molecule has 0 aliphatic heterocycles. The molecule has 0 bridgehead atoms. The Morgan fingerprint density at radius 2 is 1.24 bits per heavy atom. The molecule has 0 aromatic carbocycles. The number of rotatable bonds is 7. The summed E-state index contributed by atoms with van der Waals surface area (Å²) < 4.78 is 36.2. The van der Waals surface area contributed by atoms with E-state index < -0.39 is 14.3 Å². The van der Waals surface area contributed by atoms with Crippen molar-refractivity contribution in [1.82, 2.24) is 0 Å². The molecule has 7 heteroatoms. The monoisotopic (exact) mass is 288 g/mol. The predicted molar refractivity (Wildman–Crippen MR) is 73.5 cm³/mol. The van der Waals surface area contributed by atoms with Gasteiger partial charge in [0.1, 0.15) is 19.8 Å². The van der Waals surface area contributed by atoms with Gasteiger partial charge in [0.15, 0.2) is 0 Å². The van der Waals surface area contributed by atoms with Crippen LogP contribution in [-0.4, -0.2) is 66.8 Å². The largest absolute Gasteiger partial charge is 0.384 e. The van der Waals surface area contributed by atoms with Gasteiger partial charge >= 0.3 is 0 Å². The highest BCUT2D eigenvalue weighted by Crippen LogP contribution is 2.40. The van der Waals surface area contributed by atoms with Crippen LogP contribution in [0.15, 0.2) is 0 Å². The Hall–Kier alpha value is 0.340. The van der Waals surface area contributed by atoms with E-state index in [1.165, 1.54) is 14.2 Å². The first kappa shape index (κ1) is 19.7. The topological polar surface area (TPSA) is 61.8 Å². The predicted octanol–water partition coefficient (Wildman–Crippen LogP) is 2.44. The Bertz CT molecular complexity index is 251. The van der Waals surface area contributed by atoms with Crippen molar-refractivity contribution in [3.05, 3.63) is 0 Å². The minimum Gasteiger partial charge on any atom is -0.384 e. The number of methoxy groups -OCH3 is 3. The van der Waals surface area contributed by atoms with Gasteiger partial charge in [0.25, 0.3) is 0 Å². The first-order valence-electron chi connectivity index (χ1n) is 5.25. The summed E-state index contributed by atoms with van der Waals surface area (Å²) in [5.74, 6) is 0. The van der Waals surface area contributed by atoms with E-state index in [1.54, 1.807) is 27.1 Å². The van der Waals surface area contributed by atoms with Gasteiger partial charge in [-0.3, -0.25) is 0 Å². The van der Waals surface area contributed by atoms with Gasteiger partial charge in [-0.05, 0) is 20.0 Å². The van der Waals surface area contributed by atoms with E-state index in [4.69, 9.17) is 14.2 Å². The molecular formula is C10H26O5P2. The molecule has 0 unspecified atom stereocenters. The quantitative estimate of drug-likeness (QED) is 0.673. The lowest BCUT2D eigenvalue weighted by molar-refractivity contribution is 0.217. The molecule has 0 aliphatic rings. The summed E-state index contributed by atoms with van der Waals surface area (Å²) in [5.41, 5.74) is 0. The fourth-order valence-corrected chi connectivity index (χ4v) is 2.68. The minimum absolute atomic E-state index is 0.306. The second-order valence-electron chi connectivity index (χ2n) is 4.42. The molecule has 17 heavy (non-hydrogen) atoms. The second-order valence-corrected chi connectivity index (χ2v) is 11.1. The van der Waals surface area contributed by atoms with Crippen molar-refractivity contribution >= 4 is 14.3 Å². The third kappa shape index (κ3) is 18.9. The smallest absolute Gasteiger partial charge is 0.133 e. The van der Waals surface area contributed by atoms with Crippen LogP contribution >= 0.6 is 14.3 Å². The lowest BCUT2D eigenvalue weighted by Gasteiger charge is -2.08. The zero-order valence-corrected chi connectivity index (χ0v) is 13.6. The molecular weight excluding hydrogens is 262 g/mol. The molecule has 0 radical (unpaired) electrons. The molecule has 0 spiro atoms. The van der Waals surface area contributed by atoms with Crippen molar-refractivity contribution in [3.63, 3.8) is 0 Å². The van der Waals surface area contributed by atoms with Crippen LogP contribution in [0.4, 0.5) is 0 Å². The van der Waals surface area contributed by atoms with Crippen molar-refractivity contribution in [1.29, 1.82) is 0 Å². The average Bonchev–Trinajstić information content (AvgIpc) is 2.14. The van der Waals surface area contributed by atoms with Gasteiger partial charge in [0.05, 0.1) is 13.7 Å². The molecule has 0 atom stereocenters. The van der Waals surface area contributed by atoms with Crippen molar-refractivity contribution in [2.75, 3.05) is 66.8 Å². The van der Waals surface area contributed by atoms with Gasteiger partial charge in [0, 0.05) is 27.5 Å². The Kier molecular flexibility index (Phi) is 11.9. The maximum atomic E-state index is 11.2. The van der Waals surface area contributed by atoms with E-state index in [0.29, 0.717) is 25.5 Å². The Balaban J connectivity index is 0. The van der Waals surface area contributed by atoms with Gasteiger partial charge in [-0.25, -0.2) is 0 Å². The molecule has 0 fully saturated rings. The fourth-order valence-electron chi connectivity index (χ4n) is 0.895. The zero-order valence-electron chi connectivity index (χ0n) is 11.8. The van der Waals surface area contributed by atoms with E-state index in [2.05, 4.69) is 0 Å². The Morgan fingerprint density at radius 3 is 1.41 bits per heavy atom. The summed E-state index contributed by atoms with van der Waals surface area (Å²) in [7, 11) is 0.744. The maximum absolute atomic E-state index is 11.2. The molecule has 0 N–H and O–H groups in total. The highest BCUT2D eigenvalue weighted by molar-refractivity contribution is 7.62. The molecule has 106 valence electrons. The van der Waals surface area contributed by atoms with Gasteiger partial charge < -0.3 is 23.3 Å². The van der Waals surface area contributed by atoms with Gasteiger partial charge in [0.2, 0.25) is 0 Å². The number of hydrogen-bond donors (Lipinski definition) is 0. The van der Waals surface area contributed by atoms with E-state index in [0.717, 1.165) is 0 Å². The van der Waals surface area contributed by atoms with Crippen LogP contribution in [0.25, 0.3) is 0 Å². The molecule has 0 heterocycles. The van der Waals surface area contributed by atoms with Gasteiger partial charge in [-0.2, -0.15) is 0 Å². The van der Waals surface area contributed by atoms with E-state index in [-0.39, 0.29) is 0 Å². The van der Waals surface area contributed by atoms with E-state index in [1.807, 2.05) is 0 Å². The summed E-state index contributed by atoms with van der Waals surface area (Å²) in [6.07, 6.45) is 1.31. The molecule has 0 saturated heterocycles. The first-order chi connectivity index (χ1) is 7.68. The SMILES string of the molecule is COCCP(C)(C)=O.COCP(C)(=O)COC. The number of ether oxygens (including phenoxy) is 3. The standard InChI is InChI=1S/C5H13O3P.C5H13O2P/c1-7-4-9(3,6)5-8-2;1-7-4-5-8(2,3)6/h4-5H2,1-3H3;4-5H2,1-3H3. The average molecular weight is 288 g/mol. The van der Waals surface area contributed by atoms with Crippen LogP contribution in [0.2, 0.25) is 0 Å². The minimum atomic E-state index is -2.14. The summed E-state index contributed by atoms with van der Waals surface area (Å²) in [5, 5.41) is 0. The van der Waals surface area contributed by atoms with Crippen LogP contribution in [-0.2, 0) is 23.3 Å². The van der Waals surface area contributed by atoms with Crippen molar-refractivity contribution in [2.24, 2.45) is 0 Å². The third-order valence-electron chi connectivity index (χ3n) is 1.64. The van der Waals surface area contributed by atoms with Gasteiger partial charge in [-0.15, -0.1) is 0 Å². The maximum Gasteiger partial charge on any atom is 0.133 e. The second kappa shape index (κ2) is 10.3. The summed E-state index contributed by atoms with van der Waals surface area (Å²) in [6, 6.07) is 0. The van der Waals surface area contributed by atoms with E-state index >= 15 is 0 Å². The van der Waals surface area contributed by atoms with Crippen LogP contribution in [0.5, 0.6) is 0 Å². The summed E-state index contributed by atoms with van der Waals surface area (Å²) in [6.45, 7) is 5.82. The highest BCUT2D eigenvalue weighted by atomic mass is 31.2. The lowest BCUT2D eigenvalue weighted by atomic mass is 10.9. The Morgan fingerprint density at radius 1 is 0.824 bits per heavy atom. The lowest BCUT2D eigenvalue weighted by Crippen LogP contribution is -1.96. The van der Waals surface area contributed by atoms with Gasteiger partial charge in [-0.1, -0.05) is 0 Å². The van der Waals surface area contributed by atoms with Crippen LogP contribution in [0.1, 0.15) is 0 Å².